The molecule has 0 saturated carbocycles. The van der Waals surface area contributed by atoms with Gasteiger partial charge in [0.15, 0.2) is 0 Å². The molecular formula is C11H13F2NO2. The molecule has 1 aromatic rings. The van der Waals surface area contributed by atoms with Crippen molar-refractivity contribution in [1.29, 1.82) is 0 Å². The molecule has 1 aromatic heterocycles. The van der Waals surface area contributed by atoms with Gasteiger partial charge in [-0.3, -0.25) is 9.78 Å². The molecule has 0 radical (unpaired) electrons. The Morgan fingerprint density at radius 1 is 1.38 bits per heavy atom. The number of hydrogen-bond acceptors (Lipinski definition) is 2. The normalized spacial score (nSPS) is 12.6. The molecule has 0 amide bonds. The Bertz CT molecular complexity index is 411. The summed E-state index contributed by atoms with van der Waals surface area (Å²) in [5.74, 6) is -4.13. The second kappa shape index (κ2) is 3.81. The number of carboxylic acid groups (broad SMARTS) is 1. The summed E-state index contributed by atoms with van der Waals surface area (Å²) in [4.78, 5) is 14.5. The third-order valence-electron chi connectivity index (χ3n) is 2.47. The summed E-state index contributed by atoms with van der Waals surface area (Å²) >= 11 is 0. The monoisotopic (exact) mass is 229 g/mol. The summed E-state index contributed by atoms with van der Waals surface area (Å²) in [6.45, 7) is 3.65. The number of rotatable bonds is 3. The Kier molecular flexibility index (Phi) is 2.99. The largest absolute Gasteiger partial charge is 0.481 e. The maximum atomic E-state index is 13.0. The fourth-order valence-corrected chi connectivity index (χ4v) is 1.18. The molecule has 5 heteroatoms. The van der Waals surface area contributed by atoms with Crippen molar-refractivity contribution in [3.8, 4) is 0 Å². The highest BCUT2D eigenvalue weighted by Crippen LogP contribution is 2.29. The first-order chi connectivity index (χ1) is 7.15. The van der Waals surface area contributed by atoms with Gasteiger partial charge in [-0.2, -0.15) is 8.78 Å². The standard InChI is InChI=1S/C11H13F2NO2/c1-10(2,9(15)16)7-4-5-14-8(6-7)11(3,12)13/h4-6H,1-3H3,(H,15,16). The van der Waals surface area contributed by atoms with Crippen molar-refractivity contribution in [2.45, 2.75) is 32.1 Å². The van der Waals surface area contributed by atoms with Crippen LogP contribution < -0.4 is 0 Å². The average Bonchev–Trinajstić information content (AvgIpc) is 2.16. The molecule has 0 aliphatic rings. The van der Waals surface area contributed by atoms with Gasteiger partial charge in [0, 0.05) is 13.1 Å². The molecule has 3 nitrogen and oxygen atoms in total. The highest BCUT2D eigenvalue weighted by Gasteiger charge is 2.32. The zero-order valence-corrected chi connectivity index (χ0v) is 9.29. The zero-order chi connectivity index (χ0) is 12.6. The molecule has 0 unspecified atom stereocenters. The minimum absolute atomic E-state index is 0.312. The Morgan fingerprint density at radius 3 is 2.38 bits per heavy atom. The first-order valence-corrected chi connectivity index (χ1v) is 4.74. The molecule has 0 aliphatic carbocycles. The number of aliphatic carboxylic acids is 1. The van der Waals surface area contributed by atoms with Crippen molar-refractivity contribution in [2.24, 2.45) is 0 Å². The van der Waals surface area contributed by atoms with Crippen LogP contribution in [0.3, 0.4) is 0 Å². The van der Waals surface area contributed by atoms with Crippen LogP contribution in [-0.4, -0.2) is 16.1 Å². The van der Waals surface area contributed by atoms with Crippen LogP contribution in [0.25, 0.3) is 0 Å². The fraction of sp³-hybridized carbons (Fsp3) is 0.455. The van der Waals surface area contributed by atoms with Crippen LogP contribution in [0.4, 0.5) is 8.78 Å². The van der Waals surface area contributed by atoms with Crippen LogP contribution in [0.15, 0.2) is 18.3 Å². The van der Waals surface area contributed by atoms with Gasteiger partial charge < -0.3 is 5.11 Å². The lowest BCUT2D eigenvalue weighted by molar-refractivity contribution is -0.142. The maximum Gasteiger partial charge on any atom is 0.313 e. The van der Waals surface area contributed by atoms with E-state index >= 15 is 0 Å². The Hall–Kier alpha value is -1.52. The number of halogens is 2. The summed E-state index contributed by atoms with van der Waals surface area (Å²) in [7, 11) is 0. The maximum absolute atomic E-state index is 13.0. The second-order valence-electron chi connectivity index (χ2n) is 4.25. The summed E-state index contributed by atoms with van der Waals surface area (Å²) < 4.78 is 26.0. The molecule has 1 heterocycles. The van der Waals surface area contributed by atoms with E-state index in [0.29, 0.717) is 5.56 Å². The SMILES string of the molecule is CC(F)(F)c1cc(C(C)(C)C(=O)O)ccn1. The first kappa shape index (κ1) is 12.5. The lowest BCUT2D eigenvalue weighted by Crippen LogP contribution is -2.29. The van der Waals surface area contributed by atoms with E-state index in [1.807, 2.05) is 0 Å². The van der Waals surface area contributed by atoms with Gasteiger partial charge in [-0.25, -0.2) is 0 Å². The number of pyridine rings is 1. The van der Waals surface area contributed by atoms with E-state index in [4.69, 9.17) is 5.11 Å². The van der Waals surface area contributed by atoms with Crippen LogP contribution in [0, 0.1) is 0 Å². The predicted molar refractivity (Wildman–Crippen MR) is 54.5 cm³/mol. The van der Waals surface area contributed by atoms with Gasteiger partial charge in [0.2, 0.25) is 0 Å². The molecule has 0 aliphatic heterocycles. The van der Waals surface area contributed by atoms with Crippen LogP contribution in [0.1, 0.15) is 32.0 Å². The van der Waals surface area contributed by atoms with E-state index in [0.717, 1.165) is 13.0 Å². The summed E-state index contributed by atoms with van der Waals surface area (Å²) in [6.07, 6.45) is 1.20. The van der Waals surface area contributed by atoms with Crippen molar-refractivity contribution in [3.63, 3.8) is 0 Å². The van der Waals surface area contributed by atoms with Crippen molar-refractivity contribution in [1.82, 2.24) is 4.98 Å². The number of nitrogens with zero attached hydrogens (tertiary/aromatic N) is 1. The Balaban J connectivity index is 3.23. The summed E-state index contributed by atoms with van der Waals surface area (Å²) in [5.41, 5.74) is -1.31. The predicted octanol–water partition coefficient (Wildman–Crippen LogP) is 2.56. The molecule has 16 heavy (non-hydrogen) atoms. The lowest BCUT2D eigenvalue weighted by atomic mass is 9.85. The number of aromatic nitrogens is 1. The summed E-state index contributed by atoms with van der Waals surface area (Å²) in [6, 6.07) is 2.57. The van der Waals surface area contributed by atoms with Crippen LogP contribution >= 0.6 is 0 Å². The minimum atomic E-state index is -3.06. The minimum Gasteiger partial charge on any atom is -0.481 e. The van der Waals surface area contributed by atoms with Crippen LogP contribution in [0.2, 0.25) is 0 Å². The number of hydrogen-bond donors (Lipinski definition) is 1. The zero-order valence-electron chi connectivity index (χ0n) is 9.29. The smallest absolute Gasteiger partial charge is 0.313 e. The Morgan fingerprint density at radius 2 is 1.94 bits per heavy atom. The molecule has 0 fully saturated rings. The van der Waals surface area contributed by atoms with E-state index < -0.39 is 23.0 Å². The molecule has 0 bridgehead atoms. The van der Waals surface area contributed by atoms with Gasteiger partial charge in [-0.05, 0) is 31.5 Å². The van der Waals surface area contributed by atoms with Gasteiger partial charge in [-0.15, -0.1) is 0 Å². The van der Waals surface area contributed by atoms with Gasteiger partial charge in [0.05, 0.1) is 5.41 Å². The molecule has 1 rings (SSSR count). The van der Waals surface area contributed by atoms with Crippen molar-refractivity contribution >= 4 is 5.97 Å². The molecule has 0 spiro atoms. The number of carboxylic acids is 1. The van der Waals surface area contributed by atoms with E-state index in [1.54, 1.807) is 0 Å². The molecule has 0 atom stereocenters. The lowest BCUT2D eigenvalue weighted by Gasteiger charge is -2.21. The number of carbonyl (C=O) groups is 1. The Labute approximate surface area is 92.1 Å². The first-order valence-electron chi connectivity index (χ1n) is 4.74. The van der Waals surface area contributed by atoms with E-state index in [9.17, 15) is 13.6 Å². The van der Waals surface area contributed by atoms with Gasteiger partial charge in [-0.1, -0.05) is 0 Å². The van der Waals surface area contributed by atoms with Gasteiger partial charge >= 0.3 is 5.97 Å². The van der Waals surface area contributed by atoms with Gasteiger partial charge in [0.25, 0.3) is 5.92 Å². The van der Waals surface area contributed by atoms with Gasteiger partial charge in [0.1, 0.15) is 5.69 Å². The molecule has 1 N–H and O–H groups in total. The average molecular weight is 229 g/mol. The quantitative estimate of drug-likeness (QED) is 0.866. The second-order valence-corrected chi connectivity index (χ2v) is 4.25. The van der Waals surface area contributed by atoms with Crippen molar-refractivity contribution in [2.75, 3.05) is 0 Å². The fourth-order valence-electron chi connectivity index (χ4n) is 1.18. The molecule has 88 valence electrons. The van der Waals surface area contributed by atoms with Crippen molar-refractivity contribution < 1.29 is 18.7 Å². The molecular weight excluding hydrogens is 216 g/mol. The van der Waals surface area contributed by atoms with E-state index in [-0.39, 0.29) is 0 Å². The summed E-state index contributed by atoms with van der Waals surface area (Å²) in [5, 5.41) is 8.98. The van der Waals surface area contributed by atoms with E-state index in [2.05, 4.69) is 4.98 Å². The topological polar surface area (TPSA) is 50.2 Å². The molecule has 0 saturated heterocycles. The highest BCUT2D eigenvalue weighted by atomic mass is 19.3. The number of alkyl halides is 2. The third kappa shape index (κ3) is 2.35. The highest BCUT2D eigenvalue weighted by molar-refractivity contribution is 5.80. The van der Waals surface area contributed by atoms with Crippen molar-refractivity contribution in [3.05, 3.63) is 29.6 Å². The third-order valence-corrected chi connectivity index (χ3v) is 2.47. The molecule has 0 aromatic carbocycles. The van der Waals surface area contributed by atoms with Crippen LogP contribution in [0.5, 0.6) is 0 Å². The van der Waals surface area contributed by atoms with Crippen LogP contribution in [-0.2, 0) is 16.1 Å². The van der Waals surface area contributed by atoms with E-state index in [1.165, 1.54) is 26.1 Å².